The largest absolute Gasteiger partial charge is 0.493 e. The topological polar surface area (TPSA) is 72.8 Å². The molecule has 4 rings (SSSR count). The molecule has 32 heavy (non-hydrogen) atoms. The molecule has 0 spiro atoms. The number of amides is 1. The van der Waals surface area contributed by atoms with Crippen LogP contribution in [0.2, 0.25) is 0 Å². The van der Waals surface area contributed by atoms with Gasteiger partial charge in [-0.2, -0.15) is 5.10 Å². The summed E-state index contributed by atoms with van der Waals surface area (Å²) in [6, 6.07) is 22.8. The lowest BCUT2D eigenvalue weighted by molar-refractivity contribution is 0.0956. The van der Waals surface area contributed by atoms with Crippen LogP contribution in [0.1, 0.15) is 21.5 Å². The minimum Gasteiger partial charge on any atom is -0.493 e. The molecule has 0 aliphatic rings. The lowest BCUT2D eigenvalue weighted by Gasteiger charge is -2.09. The van der Waals surface area contributed by atoms with Crippen molar-refractivity contribution in [2.45, 2.75) is 6.92 Å². The summed E-state index contributed by atoms with van der Waals surface area (Å²) >= 11 is 0. The highest BCUT2D eigenvalue weighted by molar-refractivity contribution is 6.07. The maximum Gasteiger partial charge on any atom is 0.272 e. The van der Waals surface area contributed by atoms with E-state index in [1.807, 2.05) is 61.5 Å². The zero-order chi connectivity index (χ0) is 22.5. The molecule has 0 saturated heterocycles. The van der Waals surface area contributed by atoms with Crippen molar-refractivity contribution < 1.29 is 14.3 Å². The van der Waals surface area contributed by atoms with Crippen molar-refractivity contribution in [1.29, 1.82) is 0 Å². The number of benzene rings is 3. The molecule has 0 saturated carbocycles. The Kier molecular flexibility index (Phi) is 6.12. The fourth-order valence-electron chi connectivity index (χ4n) is 3.47. The average molecular weight is 425 g/mol. The monoisotopic (exact) mass is 425 g/mol. The van der Waals surface area contributed by atoms with Gasteiger partial charge in [0.2, 0.25) is 0 Å². The van der Waals surface area contributed by atoms with Crippen LogP contribution < -0.4 is 14.9 Å². The Morgan fingerprint density at radius 1 is 0.938 bits per heavy atom. The number of carbonyl (C=O) groups is 1. The zero-order valence-electron chi connectivity index (χ0n) is 18.1. The van der Waals surface area contributed by atoms with Crippen molar-refractivity contribution in [1.82, 2.24) is 10.4 Å². The number of nitrogens with zero attached hydrogens (tertiary/aromatic N) is 2. The summed E-state index contributed by atoms with van der Waals surface area (Å²) in [5.41, 5.74) is 7.48. The van der Waals surface area contributed by atoms with E-state index in [0.717, 1.165) is 33.3 Å². The van der Waals surface area contributed by atoms with E-state index in [4.69, 9.17) is 14.5 Å². The van der Waals surface area contributed by atoms with Crippen molar-refractivity contribution in [3.05, 3.63) is 89.5 Å². The van der Waals surface area contributed by atoms with E-state index in [1.165, 1.54) is 0 Å². The molecule has 4 aromatic rings. The van der Waals surface area contributed by atoms with Gasteiger partial charge in [-0.15, -0.1) is 0 Å². The van der Waals surface area contributed by atoms with Crippen LogP contribution in [-0.4, -0.2) is 31.3 Å². The molecule has 0 unspecified atom stereocenters. The highest BCUT2D eigenvalue weighted by Gasteiger charge is 2.13. The summed E-state index contributed by atoms with van der Waals surface area (Å²) < 4.78 is 10.5. The number of fused-ring (bicyclic) bond motifs is 1. The molecule has 0 aliphatic heterocycles. The van der Waals surface area contributed by atoms with Gasteiger partial charge in [-0.05, 0) is 48.9 Å². The summed E-state index contributed by atoms with van der Waals surface area (Å²) in [5.74, 6) is 0.903. The number of nitrogens with one attached hydrogen (secondary N) is 1. The fourth-order valence-corrected chi connectivity index (χ4v) is 3.47. The van der Waals surface area contributed by atoms with Crippen LogP contribution in [0, 0.1) is 6.92 Å². The number of rotatable bonds is 6. The number of pyridine rings is 1. The van der Waals surface area contributed by atoms with E-state index in [9.17, 15) is 4.79 Å². The van der Waals surface area contributed by atoms with Gasteiger partial charge in [0.05, 0.1) is 37.2 Å². The molecule has 1 heterocycles. The number of methoxy groups -OCH3 is 2. The molecule has 6 nitrogen and oxygen atoms in total. The molecule has 160 valence electrons. The van der Waals surface area contributed by atoms with Crippen LogP contribution in [0.4, 0.5) is 0 Å². The third-order valence-corrected chi connectivity index (χ3v) is 5.06. The summed E-state index contributed by atoms with van der Waals surface area (Å²) in [6.07, 6.45) is 1.56. The first kappa shape index (κ1) is 21.1. The van der Waals surface area contributed by atoms with E-state index in [-0.39, 0.29) is 5.91 Å². The van der Waals surface area contributed by atoms with Crippen molar-refractivity contribution in [2.24, 2.45) is 5.10 Å². The molecule has 0 bridgehead atoms. The average Bonchev–Trinajstić information content (AvgIpc) is 2.83. The van der Waals surface area contributed by atoms with Crippen LogP contribution >= 0.6 is 0 Å². The number of para-hydroxylation sites is 1. The molecule has 1 N–H and O–H groups in total. The lowest BCUT2D eigenvalue weighted by atomic mass is 10.0. The standard InChI is InChI=1S/C26H23N3O3/c1-17-7-6-8-19(13-17)23-15-21(20-9-4-5-10-22(20)28-23)26(30)29-27-16-18-11-12-24(31-2)25(14-18)32-3/h4-16H,1-3H3,(H,29,30)/b27-16+. The van der Waals surface area contributed by atoms with Gasteiger partial charge in [-0.3, -0.25) is 4.79 Å². The fraction of sp³-hybridized carbons (Fsp3) is 0.115. The SMILES string of the molecule is COc1ccc(/C=N/NC(=O)c2cc(-c3cccc(C)c3)nc3ccccc23)cc1OC. The first-order valence-electron chi connectivity index (χ1n) is 10.1. The van der Waals surface area contributed by atoms with Crippen LogP contribution in [0.25, 0.3) is 22.2 Å². The molecule has 1 amide bonds. The van der Waals surface area contributed by atoms with Crippen LogP contribution in [0.3, 0.4) is 0 Å². The quantitative estimate of drug-likeness (QED) is 0.349. The highest BCUT2D eigenvalue weighted by atomic mass is 16.5. The summed E-state index contributed by atoms with van der Waals surface area (Å²) in [5, 5.41) is 4.90. The highest BCUT2D eigenvalue weighted by Crippen LogP contribution is 2.27. The van der Waals surface area contributed by atoms with Crippen LogP contribution in [0.5, 0.6) is 11.5 Å². The minimum absolute atomic E-state index is 0.311. The predicted molar refractivity (Wildman–Crippen MR) is 127 cm³/mol. The van der Waals surface area contributed by atoms with Crippen molar-refractivity contribution >= 4 is 23.0 Å². The van der Waals surface area contributed by atoms with Crippen molar-refractivity contribution in [3.63, 3.8) is 0 Å². The number of hydrazone groups is 1. The number of ether oxygens (including phenoxy) is 2. The lowest BCUT2D eigenvalue weighted by Crippen LogP contribution is -2.18. The van der Waals surface area contributed by atoms with E-state index >= 15 is 0 Å². The van der Waals surface area contributed by atoms with Gasteiger partial charge in [0.15, 0.2) is 11.5 Å². The zero-order valence-corrected chi connectivity index (χ0v) is 18.1. The number of aromatic nitrogens is 1. The van der Waals surface area contributed by atoms with E-state index < -0.39 is 0 Å². The molecular weight excluding hydrogens is 402 g/mol. The molecule has 3 aromatic carbocycles. The van der Waals surface area contributed by atoms with Crippen LogP contribution in [-0.2, 0) is 0 Å². The van der Waals surface area contributed by atoms with Gasteiger partial charge < -0.3 is 9.47 Å². The van der Waals surface area contributed by atoms with Crippen molar-refractivity contribution in [3.8, 4) is 22.8 Å². The number of hydrogen-bond donors (Lipinski definition) is 1. The molecule has 0 atom stereocenters. The Bertz CT molecular complexity index is 1310. The van der Waals surface area contributed by atoms with Gasteiger partial charge in [0.1, 0.15) is 0 Å². The summed E-state index contributed by atoms with van der Waals surface area (Å²) in [6.45, 7) is 2.03. The molecule has 0 aliphatic carbocycles. The van der Waals surface area contributed by atoms with E-state index in [2.05, 4.69) is 10.5 Å². The van der Waals surface area contributed by atoms with Gasteiger partial charge in [-0.25, -0.2) is 10.4 Å². The first-order valence-corrected chi connectivity index (χ1v) is 10.1. The van der Waals surface area contributed by atoms with Crippen molar-refractivity contribution in [2.75, 3.05) is 14.2 Å². The Hall–Kier alpha value is -4.19. The Balaban J connectivity index is 1.64. The molecule has 1 aromatic heterocycles. The number of aryl methyl sites for hydroxylation is 1. The van der Waals surface area contributed by atoms with Gasteiger partial charge in [-0.1, -0.05) is 42.0 Å². The smallest absolute Gasteiger partial charge is 0.272 e. The van der Waals surface area contributed by atoms with E-state index in [1.54, 1.807) is 38.6 Å². The predicted octanol–water partition coefficient (Wildman–Crippen LogP) is 4.99. The van der Waals surface area contributed by atoms with Gasteiger partial charge >= 0.3 is 0 Å². The molecular formula is C26H23N3O3. The second-order valence-corrected chi connectivity index (χ2v) is 7.26. The van der Waals surface area contributed by atoms with Gasteiger partial charge in [0.25, 0.3) is 5.91 Å². The maximum absolute atomic E-state index is 13.0. The van der Waals surface area contributed by atoms with E-state index in [0.29, 0.717) is 17.1 Å². The Morgan fingerprint density at radius 3 is 2.53 bits per heavy atom. The maximum atomic E-state index is 13.0. The first-order chi connectivity index (χ1) is 15.6. The van der Waals surface area contributed by atoms with Crippen LogP contribution in [0.15, 0.2) is 77.9 Å². The normalized spacial score (nSPS) is 11.0. The summed E-state index contributed by atoms with van der Waals surface area (Å²) in [4.78, 5) is 17.8. The number of carbonyl (C=O) groups excluding carboxylic acids is 1. The second kappa shape index (κ2) is 9.31. The second-order valence-electron chi connectivity index (χ2n) is 7.26. The molecule has 0 radical (unpaired) electrons. The number of hydrogen-bond acceptors (Lipinski definition) is 5. The Morgan fingerprint density at radius 2 is 1.75 bits per heavy atom. The minimum atomic E-state index is -0.311. The molecule has 6 heteroatoms. The third-order valence-electron chi connectivity index (χ3n) is 5.06. The Labute approximate surface area is 186 Å². The molecule has 0 fully saturated rings. The third kappa shape index (κ3) is 4.44. The summed E-state index contributed by atoms with van der Waals surface area (Å²) in [7, 11) is 3.15. The van der Waals surface area contributed by atoms with Gasteiger partial charge in [0, 0.05) is 10.9 Å².